The van der Waals surface area contributed by atoms with E-state index in [0.717, 1.165) is 5.75 Å². The van der Waals surface area contributed by atoms with E-state index < -0.39 is 0 Å². The molecule has 1 heterocycles. The Morgan fingerprint density at radius 3 is 2.92 bits per heavy atom. The lowest BCUT2D eigenvalue weighted by Crippen LogP contribution is -1.88. The number of rotatable bonds is 1. The number of hydrogen-bond donors (Lipinski definition) is 0. The molecule has 2 aliphatic rings. The van der Waals surface area contributed by atoms with Crippen LogP contribution in [0, 0.1) is 6.92 Å². The molecule has 0 atom stereocenters. The SMILES string of the molecule is COc1c(C)csc2cccc1-2. The lowest BCUT2D eigenvalue weighted by Gasteiger charge is -2.08. The normalized spacial score (nSPS) is 10.5. The highest BCUT2D eigenvalue weighted by molar-refractivity contribution is 7.13. The van der Waals surface area contributed by atoms with Gasteiger partial charge in [-0.1, -0.05) is 6.07 Å². The van der Waals surface area contributed by atoms with Crippen molar-refractivity contribution in [2.24, 2.45) is 0 Å². The first kappa shape index (κ1) is 7.62. The molecule has 0 aromatic carbocycles. The third-order valence-corrected chi connectivity index (χ3v) is 3.03. The number of aryl methyl sites for hydroxylation is 1. The van der Waals surface area contributed by atoms with E-state index in [0.29, 0.717) is 0 Å². The van der Waals surface area contributed by atoms with Gasteiger partial charge >= 0.3 is 0 Å². The molecule has 0 amide bonds. The summed E-state index contributed by atoms with van der Waals surface area (Å²) in [6, 6.07) is 6.27. The Hall–Kier alpha value is -1.02. The van der Waals surface area contributed by atoms with Gasteiger partial charge in [-0.2, -0.15) is 0 Å². The molecule has 0 saturated heterocycles. The predicted octanol–water partition coefficient (Wildman–Crippen LogP) is 3.17. The van der Waals surface area contributed by atoms with Crippen molar-refractivity contribution in [2.45, 2.75) is 6.92 Å². The van der Waals surface area contributed by atoms with Gasteiger partial charge in [0.25, 0.3) is 0 Å². The lowest BCUT2D eigenvalue weighted by molar-refractivity contribution is 0.414. The van der Waals surface area contributed by atoms with Crippen LogP contribution in [0.3, 0.4) is 0 Å². The summed E-state index contributed by atoms with van der Waals surface area (Å²) in [5, 5.41) is 2.13. The van der Waals surface area contributed by atoms with Crippen LogP contribution < -0.4 is 4.74 Å². The molecule has 0 fully saturated rings. The molecule has 12 heavy (non-hydrogen) atoms. The summed E-state index contributed by atoms with van der Waals surface area (Å²) >= 11 is 1.76. The van der Waals surface area contributed by atoms with Gasteiger partial charge in [0.15, 0.2) is 0 Å². The van der Waals surface area contributed by atoms with E-state index in [4.69, 9.17) is 4.74 Å². The van der Waals surface area contributed by atoms with Gasteiger partial charge in [0.2, 0.25) is 0 Å². The molecule has 62 valence electrons. The fourth-order valence-corrected chi connectivity index (χ4v) is 2.24. The van der Waals surface area contributed by atoms with Crippen molar-refractivity contribution in [2.75, 3.05) is 7.11 Å². The summed E-state index contributed by atoms with van der Waals surface area (Å²) < 4.78 is 5.32. The molecule has 1 nitrogen and oxygen atoms in total. The van der Waals surface area contributed by atoms with Crippen LogP contribution in [0.25, 0.3) is 10.4 Å². The van der Waals surface area contributed by atoms with Crippen molar-refractivity contribution >= 4 is 11.3 Å². The minimum absolute atomic E-state index is 1.01. The van der Waals surface area contributed by atoms with Crippen LogP contribution in [0.4, 0.5) is 0 Å². The van der Waals surface area contributed by atoms with Crippen molar-refractivity contribution in [3.8, 4) is 16.2 Å². The maximum atomic E-state index is 5.32. The van der Waals surface area contributed by atoms with Gasteiger partial charge in [0.05, 0.1) is 7.11 Å². The quantitative estimate of drug-likeness (QED) is 0.651. The Kier molecular flexibility index (Phi) is 1.77. The summed E-state index contributed by atoms with van der Waals surface area (Å²) in [4.78, 5) is 1.29. The smallest absolute Gasteiger partial charge is 0.131 e. The minimum atomic E-state index is 1.01. The van der Waals surface area contributed by atoms with Gasteiger partial charge in [-0.05, 0) is 24.4 Å². The van der Waals surface area contributed by atoms with E-state index in [1.165, 1.54) is 16.0 Å². The molecule has 1 aliphatic heterocycles. The van der Waals surface area contributed by atoms with E-state index in [1.54, 1.807) is 18.4 Å². The molecule has 2 rings (SSSR count). The molecule has 0 bridgehead atoms. The van der Waals surface area contributed by atoms with Crippen molar-refractivity contribution in [1.29, 1.82) is 0 Å². The monoisotopic (exact) mass is 178 g/mol. The first-order valence-corrected chi connectivity index (χ1v) is 4.71. The summed E-state index contributed by atoms with van der Waals surface area (Å²) in [5.74, 6) is 1.01. The average Bonchev–Trinajstić information content (AvgIpc) is 2.52. The van der Waals surface area contributed by atoms with Crippen molar-refractivity contribution in [1.82, 2.24) is 0 Å². The van der Waals surface area contributed by atoms with Gasteiger partial charge in [-0.3, -0.25) is 0 Å². The zero-order chi connectivity index (χ0) is 8.55. The summed E-state index contributed by atoms with van der Waals surface area (Å²) in [6.07, 6.45) is 0. The fraction of sp³-hybridized carbons (Fsp3) is 0.200. The van der Waals surface area contributed by atoms with Gasteiger partial charge in [0.1, 0.15) is 5.75 Å². The van der Waals surface area contributed by atoms with Gasteiger partial charge in [-0.25, -0.2) is 0 Å². The van der Waals surface area contributed by atoms with Crippen molar-refractivity contribution < 1.29 is 4.74 Å². The molecule has 0 saturated carbocycles. The van der Waals surface area contributed by atoms with Crippen LogP contribution in [0.15, 0.2) is 23.6 Å². The maximum absolute atomic E-state index is 5.32. The Bertz CT molecular complexity index is 364. The molecular formula is C10H10OS. The summed E-state index contributed by atoms with van der Waals surface area (Å²) in [5.41, 5.74) is 2.43. The highest BCUT2D eigenvalue weighted by Gasteiger charge is 2.10. The first-order chi connectivity index (χ1) is 5.83. The molecule has 0 radical (unpaired) electrons. The number of methoxy groups -OCH3 is 1. The highest BCUT2D eigenvalue weighted by Crippen LogP contribution is 2.38. The third kappa shape index (κ3) is 0.994. The Morgan fingerprint density at radius 1 is 1.33 bits per heavy atom. The summed E-state index contributed by atoms with van der Waals surface area (Å²) in [6.45, 7) is 2.07. The molecule has 1 aliphatic carbocycles. The van der Waals surface area contributed by atoms with E-state index >= 15 is 0 Å². The Morgan fingerprint density at radius 2 is 2.17 bits per heavy atom. The van der Waals surface area contributed by atoms with Crippen LogP contribution in [0.5, 0.6) is 5.75 Å². The second kappa shape index (κ2) is 2.79. The Balaban J connectivity index is 2.73. The van der Waals surface area contributed by atoms with E-state index in [2.05, 4.69) is 30.5 Å². The number of hydrogen-bond acceptors (Lipinski definition) is 2. The standard InChI is InChI=1S/C10H10OS/c1-7-6-12-9-5-3-4-8(9)10(7)11-2/h3-6H,1-2H3. The second-order valence-electron chi connectivity index (χ2n) is 2.76. The molecule has 0 spiro atoms. The zero-order valence-electron chi connectivity index (χ0n) is 7.13. The zero-order valence-corrected chi connectivity index (χ0v) is 7.94. The third-order valence-electron chi connectivity index (χ3n) is 1.95. The van der Waals surface area contributed by atoms with Gasteiger partial charge in [0, 0.05) is 16.0 Å². The predicted molar refractivity (Wildman–Crippen MR) is 52.2 cm³/mol. The topological polar surface area (TPSA) is 9.23 Å². The number of fused-ring (bicyclic) bond motifs is 1. The average molecular weight is 178 g/mol. The van der Waals surface area contributed by atoms with Gasteiger partial charge in [-0.15, -0.1) is 11.3 Å². The molecule has 2 heteroatoms. The highest BCUT2D eigenvalue weighted by atomic mass is 32.1. The van der Waals surface area contributed by atoms with Crippen LogP contribution in [0.1, 0.15) is 5.56 Å². The molecule has 0 unspecified atom stereocenters. The van der Waals surface area contributed by atoms with E-state index in [-0.39, 0.29) is 0 Å². The van der Waals surface area contributed by atoms with Crippen LogP contribution in [-0.4, -0.2) is 7.11 Å². The first-order valence-electron chi connectivity index (χ1n) is 3.83. The van der Waals surface area contributed by atoms with Crippen LogP contribution in [-0.2, 0) is 0 Å². The molecule has 0 N–H and O–H groups in total. The van der Waals surface area contributed by atoms with Crippen molar-refractivity contribution in [3.05, 3.63) is 29.1 Å². The van der Waals surface area contributed by atoms with E-state index in [9.17, 15) is 0 Å². The van der Waals surface area contributed by atoms with Crippen LogP contribution >= 0.6 is 11.3 Å². The summed E-state index contributed by atoms with van der Waals surface area (Å²) in [7, 11) is 1.72. The van der Waals surface area contributed by atoms with E-state index in [1.807, 2.05) is 0 Å². The molecule has 0 aromatic heterocycles. The Labute approximate surface area is 76.0 Å². The largest absolute Gasteiger partial charge is 0.496 e. The van der Waals surface area contributed by atoms with Crippen molar-refractivity contribution in [3.63, 3.8) is 0 Å². The van der Waals surface area contributed by atoms with Gasteiger partial charge < -0.3 is 4.74 Å². The maximum Gasteiger partial charge on any atom is 0.131 e. The fourth-order valence-electron chi connectivity index (χ4n) is 1.38. The lowest BCUT2D eigenvalue weighted by atomic mass is 10.2. The molecule has 0 aromatic rings. The molecular weight excluding hydrogens is 168 g/mol. The second-order valence-corrected chi connectivity index (χ2v) is 3.67. The minimum Gasteiger partial charge on any atom is -0.496 e. The van der Waals surface area contributed by atoms with Crippen LogP contribution in [0.2, 0.25) is 0 Å². The number of ether oxygens (including phenoxy) is 1.